The molecule has 0 bridgehead atoms. The summed E-state index contributed by atoms with van der Waals surface area (Å²) in [5, 5.41) is 3.86. The predicted octanol–water partition coefficient (Wildman–Crippen LogP) is 1.42. The first kappa shape index (κ1) is 16.5. The Kier molecular flexibility index (Phi) is 4.57. The fourth-order valence-corrected chi connectivity index (χ4v) is 2.91. The van der Waals surface area contributed by atoms with Crippen molar-refractivity contribution in [3.63, 3.8) is 0 Å². The summed E-state index contributed by atoms with van der Waals surface area (Å²) in [6, 6.07) is -0.101. The van der Waals surface area contributed by atoms with Crippen molar-refractivity contribution in [3.8, 4) is 0 Å². The van der Waals surface area contributed by atoms with Crippen molar-refractivity contribution >= 4 is 5.91 Å². The van der Waals surface area contributed by atoms with Crippen LogP contribution in [0.15, 0.2) is 17.0 Å². The second-order valence-electron chi connectivity index (χ2n) is 6.40. The van der Waals surface area contributed by atoms with Crippen molar-refractivity contribution in [2.45, 2.75) is 32.7 Å². The molecule has 8 nitrogen and oxygen atoms in total. The maximum atomic E-state index is 13.0. The van der Waals surface area contributed by atoms with Gasteiger partial charge in [0.05, 0.1) is 11.3 Å². The molecule has 1 amide bonds. The van der Waals surface area contributed by atoms with Gasteiger partial charge in [-0.15, -0.1) is 0 Å². The van der Waals surface area contributed by atoms with Gasteiger partial charge >= 0.3 is 0 Å². The summed E-state index contributed by atoms with van der Waals surface area (Å²) in [5.41, 5.74) is 1.34. The van der Waals surface area contributed by atoms with Crippen LogP contribution in [0.1, 0.15) is 53.6 Å². The maximum absolute atomic E-state index is 13.0. The van der Waals surface area contributed by atoms with Gasteiger partial charge in [-0.05, 0) is 19.9 Å². The molecule has 3 rings (SSSR count). The molecule has 1 atom stereocenters. The van der Waals surface area contributed by atoms with Crippen molar-refractivity contribution in [2.75, 3.05) is 26.7 Å². The van der Waals surface area contributed by atoms with E-state index < -0.39 is 0 Å². The second kappa shape index (κ2) is 6.64. The van der Waals surface area contributed by atoms with Crippen LogP contribution in [0.5, 0.6) is 0 Å². The van der Waals surface area contributed by atoms with Crippen LogP contribution in [-0.4, -0.2) is 62.5 Å². The zero-order valence-corrected chi connectivity index (χ0v) is 14.4. The molecule has 24 heavy (non-hydrogen) atoms. The summed E-state index contributed by atoms with van der Waals surface area (Å²) in [4.78, 5) is 29.5. The number of hydrogen-bond donors (Lipinski definition) is 0. The molecule has 2 aromatic heterocycles. The van der Waals surface area contributed by atoms with Crippen LogP contribution in [0, 0.1) is 6.92 Å². The molecule has 1 aliphatic heterocycles. The standard InChI is InChI=1S/C16H22N6O2/c1-10(2)14-12(7-17-9-18-14)16(23)22-6-5-21(4)13(8-22)15-19-11(3)20-24-15/h7,9-10,13H,5-6,8H2,1-4H3/t13-/m1/s1. The molecule has 8 heteroatoms. The van der Waals surface area contributed by atoms with Gasteiger partial charge in [-0.2, -0.15) is 4.98 Å². The number of amides is 1. The molecule has 3 heterocycles. The minimum absolute atomic E-state index is 0.0476. The van der Waals surface area contributed by atoms with Crippen LogP contribution in [0.2, 0.25) is 0 Å². The van der Waals surface area contributed by atoms with Crippen LogP contribution in [0.3, 0.4) is 0 Å². The van der Waals surface area contributed by atoms with Crippen LogP contribution in [-0.2, 0) is 0 Å². The molecule has 1 aliphatic rings. The van der Waals surface area contributed by atoms with E-state index >= 15 is 0 Å². The van der Waals surface area contributed by atoms with E-state index in [-0.39, 0.29) is 17.9 Å². The number of rotatable bonds is 3. The molecule has 0 saturated carbocycles. The molecular weight excluding hydrogens is 308 g/mol. The highest BCUT2D eigenvalue weighted by atomic mass is 16.5. The molecule has 0 radical (unpaired) electrons. The number of likely N-dealkylation sites (N-methyl/N-ethyl adjacent to an activating group) is 1. The lowest BCUT2D eigenvalue weighted by atomic mass is 10.0. The molecule has 128 valence electrons. The summed E-state index contributed by atoms with van der Waals surface area (Å²) in [5.74, 6) is 1.25. The fraction of sp³-hybridized carbons (Fsp3) is 0.562. The highest BCUT2D eigenvalue weighted by Crippen LogP contribution is 2.25. The monoisotopic (exact) mass is 330 g/mol. The lowest BCUT2D eigenvalue weighted by Gasteiger charge is -2.37. The van der Waals surface area contributed by atoms with E-state index in [9.17, 15) is 4.79 Å². The quantitative estimate of drug-likeness (QED) is 0.841. The van der Waals surface area contributed by atoms with E-state index in [0.717, 1.165) is 12.2 Å². The van der Waals surface area contributed by atoms with Gasteiger partial charge in [-0.1, -0.05) is 19.0 Å². The molecule has 0 aliphatic carbocycles. The molecule has 0 unspecified atom stereocenters. The Morgan fingerprint density at radius 3 is 2.83 bits per heavy atom. The summed E-state index contributed by atoms with van der Waals surface area (Å²) < 4.78 is 5.30. The SMILES string of the molecule is Cc1noc([C@H]2CN(C(=O)c3cncnc3C(C)C)CCN2C)n1. The first-order valence-corrected chi connectivity index (χ1v) is 8.07. The van der Waals surface area contributed by atoms with E-state index in [2.05, 4.69) is 25.0 Å². The maximum Gasteiger partial charge on any atom is 0.257 e. The van der Waals surface area contributed by atoms with Crippen molar-refractivity contribution < 1.29 is 9.32 Å². The van der Waals surface area contributed by atoms with Crippen LogP contribution >= 0.6 is 0 Å². The zero-order valence-electron chi connectivity index (χ0n) is 14.4. The fourth-order valence-electron chi connectivity index (χ4n) is 2.91. The minimum atomic E-state index is -0.101. The Labute approximate surface area is 140 Å². The normalized spacial score (nSPS) is 19.0. The number of aromatic nitrogens is 4. The molecule has 2 aromatic rings. The van der Waals surface area contributed by atoms with Gasteiger partial charge in [-0.25, -0.2) is 9.97 Å². The number of carbonyl (C=O) groups excluding carboxylic acids is 1. The van der Waals surface area contributed by atoms with E-state index in [1.807, 2.05) is 25.8 Å². The number of nitrogens with zero attached hydrogens (tertiary/aromatic N) is 6. The van der Waals surface area contributed by atoms with E-state index in [0.29, 0.717) is 30.4 Å². The Morgan fingerprint density at radius 1 is 1.38 bits per heavy atom. The summed E-state index contributed by atoms with van der Waals surface area (Å²) in [6.07, 6.45) is 3.09. The van der Waals surface area contributed by atoms with Gasteiger partial charge in [0, 0.05) is 25.8 Å². The lowest BCUT2D eigenvalue weighted by molar-refractivity contribution is 0.0486. The third kappa shape index (κ3) is 3.14. The average Bonchev–Trinajstić information content (AvgIpc) is 3.01. The first-order chi connectivity index (χ1) is 11.5. The van der Waals surface area contributed by atoms with Crippen LogP contribution in [0.25, 0.3) is 0 Å². The van der Waals surface area contributed by atoms with Crippen LogP contribution < -0.4 is 0 Å². The summed E-state index contributed by atoms with van der Waals surface area (Å²) >= 11 is 0. The second-order valence-corrected chi connectivity index (χ2v) is 6.40. The Hall–Kier alpha value is -2.35. The van der Waals surface area contributed by atoms with Crippen molar-refractivity contribution in [1.29, 1.82) is 0 Å². The Morgan fingerprint density at radius 2 is 2.17 bits per heavy atom. The summed E-state index contributed by atoms with van der Waals surface area (Å²) in [7, 11) is 2.00. The topological polar surface area (TPSA) is 88.2 Å². The Balaban J connectivity index is 1.83. The number of hydrogen-bond acceptors (Lipinski definition) is 7. The molecule has 0 spiro atoms. The largest absolute Gasteiger partial charge is 0.338 e. The minimum Gasteiger partial charge on any atom is -0.338 e. The van der Waals surface area contributed by atoms with Gasteiger partial charge in [0.2, 0.25) is 5.89 Å². The van der Waals surface area contributed by atoms with Gasteiger partial charge in [0.25, 0.3) is 5.91 Å². The van der Waals surface area contributed by atoms with Gasteiger partial charge in [0.15, 0.2) is 5.82 Å². The number of piperazine rings is 1. The average molecular weight is 330 g/mol. The van der Waals surface area contributed by atoms with E-state index in [4.69, 9.17) is 4.52 Å². The molecule has 1 fully saturated rings. The van der Waals surface area contributed by atoms with Gasteiger partial charge in [-0.3, -0.25) is 9.69 Å². The number of carbonyl (C=O) groups is 1. The van der Waals surface area contributed by atoms with Gasteiger partial charge in [0.1, 0.15) is 12.4 Å². The predicted molar refractivity (Wildman–Crippen MR) is 86.4 cm³/mol. The van der Waals surface area contributed by atoms with Crippen molar-refractivity contribution in [1.82, 2.24) is 29.9 Å². The molecule has 1 saturated heterocycles. The van der Waals surface area contributed by atoms with Gasteiger partial charge < -0.3 is 9.42 Å². The number of aryl methyl sites for hydroxylation is 1. The van der Waals surface area contributed by atoms with Crippen molar-refractivity contribution in [2.24, 2.45) is 0 Å². The lowest BCUT2D eigenvalue weighted by Crippen LogP contribution is -2.49. The Bertz CT molecular complexity index is 729. The van der Waals surface area contributed by atoms with E-state index in [1.165, 1.54) is 6.33 Å². The van der Waals surface area contributed by atoms with Crippen molar-refractivity contribution in [3.05, 3.63) is 35.5 Å². The highest BCUT2D eigenvalue weighted by molar-refractivity contribution is 5.95. The van der Waals surface area contributed by atoms with E-state index in [1.54, 1.807) is 13.1 Å². The highest BCUT2D eigenvalue weighted by Gasteiger charge is 2.33. The smallest absolute Gasteiger partial charge is 0.257 e. The zero-order chi connectivity index (χ0) is 17.3. The molecular formula is C16H22N6O2. The third-order valence-electron chi connectivity index (χ3n) is 4.28. The first-order valence-electron chi connectivity index (χ1n) is 8.07. The third-order valence-corrected chi connectivity index (χ3v) is 4.28. The molecule has 0 aromatic carbocycles. The van der Waals surface area contributed by atoms with Crippen LogP contribution in [0.4, 0.5) is 0 Å². The molecule has 0 N–H and O–H groups in total. The summed E-state index contributed by atoms with van der Waals surface area (Å²) in [6.45, 7) is 7.71.